The molecular weight excluding hydrogens is 276 g/mol. The lowest BCUT2D eigenvalue weighted by molar-refractivity contribution is 0.185. The Hall–Kier alpha value is -0.950. The minimum absolute atomic E-state index is 0.0216. The number of ether oxygens (including phenoxy) is 1. The van der Waals surface area contributed by atoms with Crippen LogP contribution in [0.15, 0.2) is 24.3 Å². The first-order valence-corrected chi connectivity index (χ1v) is 8.59. The monoisotopic (exact) mass is 300 g/mol. The Labute approximate surface area is 121 Å². The summed E-state index contributed by atoms with van der Waals surface area (Å²) in [5.74, 6) is 0.141. The van der Waals surface area contributed by atoms with Crippen molar-refractivity contribution in [1.29, 1.82) is 0 Å². The van der Waals surface area contributed by atoms with E-state index in [0.717, 1.165) is 11.1 Å². The van der Waals surface area contributed by atoms with Crippen molar-refractivity contribution in [3.63, 3.8) is 0 Å². The van der Waals surface area contributed by atoms with Crippen molar-refractivity contribution in [1.82, 2.24) is 4.90 Å². The third-order valence-corrected chi connectivity index (χ3v) is 4.17. The summed E-state index contributed by atoms with van der Waals surface area (Å²) >= 11 is 0. The largest absolute Gasteiger partial charge is 0.380 e. The average molecular weight is 300 g/mol. The molecule has 114 valence electrons. The SMILES string of the molecule is COCc1ccc(C(CN)N(C)CCS(C)(=O)=O)cc1. The molecule has 0 aliphatic heterocycles. The van der Waals surface area contributed by atoms with Gasteiger partial charge in [-0.25, -0.2) is 8.42 Å². The quantitative estimate of drug-likeness (QED) is 0.769. The van der Waals surface area contributed by atoms with Crippen LogP contribution in [0.4, 0.5) is 0 Å². The highest BCUT2D eigenvalue weighted by atomic mass is 32.2. The van der Waals surface area contributed by atoms with E-state index in [2.05, 4.69) is 0 Å². The van der Waals surface area contributed by atoms with Crippen LogP contribution in [-0.4, -0.2) is 52.6 Å². The third kappa shape index (κ3) is 5.58. The van der Waals surface area contributed by atoms with Crippen LogP contribution in [0.1, 0.15) is 17.2 Å². The van der Waals surface area contributed by atoms with Gasteiger partial charge in [0, 0.05) is 32.5 Å². The Kier molecular flexibility index (Phi) is 6.61. The second-order valence-corrected chi connectivity index (χ2v) is 7.30. The maximum Gasteiger partial charge on any atom is 0.148 e. The molecule has 0 fully saturated rings. The highest BCUT2D eigenvalue weighted by Crippen LogP contribution is 2.19. The van der Waals surface area contributed by atoms with E-state index >= 15 is 0 Å². The van der Waals surface area contributed by atoms with Crippen molar-refractivity contribution in [3.8, 4) is 0 Å². The maximum absolute atomic E-state index is 11.2. The summed E-state index contributed by atoms with van der Waals surface area (Å²) in [6.07, 6.45) is 1.25. The first-order chi connectivity index (χ1) is 9.37. The normalized spacial score (nSPS) is 13.7. The topological polar surface area (TPSA) is 72.6 Å². The molecule has 2 N–H and O–H groups in total. The summed E-state index contributed by atoms with van der Waals surface area (Å²) in [4.78, 5) is 1.98. The molecule has 1 aromatic rings. The molecule has 1 aromatic carbocycles. The number of nitrogens with zero attached hydrogens (tertiary/aromatic N) is 1. The van der Waals surface area contributed by atoms with Crippen LogP contribution in [0, 0.1) is 0 Å². The van der Waals surface area contributed by atoms with Crippen molar-refractivity contribution < 1.29 is 13.2 Å². The number of methoxy groups -OCH3 is 1. The Morgan fingerprint density at radius 1 is 1.30 bits per heavy atom. The zero-order valence-electron chi connectivity index (χ0n) is 12.4. The van der Waals surface area contributed by atoms with Gasteiger partial charge in [-0.2, -0.15) is 0 Å². The smallest absolute Gasteiger partial charge is 0.148 e. The Morgan fingerprint density at radius 3 is 2.35 bits per heavy atom. The second kappa shape index (κ2) is 7.73. The molecule has 0 saturated heterocycles. The number of hydrogen-bond acceptors (Lipinski definition) is 5. The molecule has 1 atom stereocenters. The summed E-state index contributed by atoms with van der Waals surface area (Å²) in [5.41, 5.74) is 8.02. The lowest BCUT2D eigenvalue weighted by atomic mass is 10.0. The summed E-state index contributed by atoms with van der Waals surface area (Å²) in [7, 11) is 0.601. The number of sulfone groups is 1. The fourth-order valence-corrected chi connectivity index (χ4v) is 2.66. The summed E-state index contributed by atoms with van der Waals surface area (Å²) < 4.78 is 27.5. The molecule has 0 aromatic heterocycles. The molecule has 0 heterocycles. The molecule has 0 spiro atoms. The molecule has 20 heavy (non-hydrogen) atoms. The van der Waals surface area contributed by atoms with Gasteiger partial charge in [0.25, 0.3) is 0 Å². The van der Waals surface area contributed by atoms with Gasteiger partial charge in [-0.15, -0.1) is 0 Å². The van der Waals surface area contributed by atoms with Crippen LogP contribution < -0.4 is 5.73 Å². The first kappa shape index (κ1) is 17.1. The fourth-order valence-electron chi connectivity index (χ4n) is 2.04. The predicted octanol–water partition coefficient (Wildman–Crippen LogP) is 0.809. The highest BCUT2D eigenvalue weighted by Gasteiger charge is 2.16. The Balaban J connectivity index is 2.73. The minimum atomic E-state index is -2.96. The first-order valence-electron chi connectivity index (χ1n) is 6.53. The number of hydrogen-bond donors (Lipinski definition) is 1. The molecule has 6 heteroatoms. The van der Waals surface area contributed by atoms with Crippen molar-refractivity contribution in [2.75, 3.05) is 39.3 Å². The number of likely N-dealkylation sites (N-methyl/N-ethyl adjacent to an activating group) is 1. The molecule has 0 aliphatic carbocycles. The minimum Gasteiger partial charge on any atom is -0.380 e. The van der Waals surface area contributed by atoms with E-state index in [-0.39, 0.29) is 11.8 Å². The van der Waals surface area contributed by atoms with E-state index in [9.17, 15) is 8.42 Å². The van der Waals surface area contributed by atoms with E-state index in [1.54, 1.807) is 7.11 Å². The highest BCUT2D eigenvalue weighted by molar-refractivity contribution is 7.90. The van der Waals surface area contributed by atoms with Crippen LogP contribution in [0.25, 0.3) is 0 Å². The van der Waals surface area contributed by atoms with Crippen molar-refractivity contribution in [2.45, 2.75) is 12.6 Å². The lowest BCUT2D eigenvalue weighted by Gasteiger charge is -2.27. The standard InChI is InChI=1S/C14H24N2O3S/c1-16(8-9-20(3,17)18)14(10-15)13-6-4-12(5-7-13)11-19-2/h4-7,14H,8-11,15H2,1-3H3. The average Bonchev–Trinajstić information content (AvgIpc) is 2.39. The number of nitrogens with two attached hydrogens (primary N) is 1. The summed E-state index contributed by atoms with van der Waals surface area (Å²) in [6.45, 7) is 1.50. The third-order valence-electron chi connectivity index (χ3n) is 3.25. The summed E-state index contributed by atoms with van der Waals surface area (Å²) in [5, 5.41) is 0. The Bertz CT molecular complexity index is 500. The van der Waals surface area contributed by atoms with E-state index in [4.69, 9.17) is 10.5 Å². The molecule has 1 unspecified atom stereocenters. The molecule has 5 nitrogen and oxygen atoms in total. The van der Waals surface area contributed by atoms with Crippen LogP contribution in [0.2, 0.25) is 0 Å². The van der Waals surface area contributed by atoms with Crippen molar-refractivity contribution in [3.05, 3.63) is 35.4 Å². The van der Waals surface area contributed by atoms with Gasteiger partial charge in [0.1, 0.15) is 9.84 Å². The van der Waals surface area contributed by atoms with Crippen LogP contribution >= 0.6 is 0 Å². The zero-order chi connectivity index (χ0) is 15.2. The van der Waals surface area contributed by atoms with Gasteiger partial charge in [0.2, 0.25) is 0 Å². The molecule has 0 radical (unpaired) electrons. The molecular formula is C14H24N2O3S. The predicted molar refractivity (Wildman–Crippen MR) is 81.3 cm³/mol. The molecule has 0 amide bonds. The fraction of sp³-hybridized carbons (Fsp3) is 0.571. The van der Waals surface area contributed by atoms with Gasteiger partial charge in [-0.05, 0) is 18.2 Å². The van der Waals surface area contributed by atoms with E-state index < -0.39 is 9.84 Å². The van der Waals surface area contributed by atoms with Gasteiger partial charge < -0.3 is 10.5 Å². The second-order valence-electron chi connectivity index (χ2n) is 5.04. The van der Waals surface area contributed by atoms with Gasteiger partial charge in [0.15, 0.2) is 0 Å². The maximum atomic E-state index is 11.2. The van der Waals surface area contributed by atoms with Gasteiger partial charge in [-0.1, -0.05) is 24.3 Å². The summed E-state index contributed by atoms with van der Waals surface area (Å²) in [6, 6.07) is 8.07. The number of benzene rings is 1. The lowest BCUT2D eigenvalue weighted by Crippen LogP contribution is -2.34. The molecule has 0 bridgehead atoms. The van der Waals surface area contributed by atoms with Crippen molar-refractivity contribution in [2.24, 2.45) is 5.73 Å². The van der Waals surface area contributed by atoms with E-state index in [1.807, 2.05) is 36.2 Å². The zero-order valence-corrected chi connectivity index (χ0v) is 13.2. The van der Waals surface area contributed by atoms with Gasteiger partial charge in [-0.3, -0.25) is 4.90 Å². The van der Waals surface area contributed by atoms with E-state index in [1.165, 1.54) is 6.26 Å². The van der Waals surface area contributed by atoms with Crippen LogP contribution in [0.3, 0.4) is 0 Å². The van der Waals surface area contributed by atoms with Gasteiger partial charge in [0.05, 0.1) is 12.4 Å². The van der Waals surface area contributed by atoms with E-state index in [0.29, 0.717) is 19.7 Å². The van der Waals surface area contributed by atoms with Crippen LogP contribution in [0.5, 0.6) is 0 Å². The molecule has 1 rings (SSSR count). The molecule has 0 aliphatic rings. The van der Waals surface area contributed by atoms with Crippen LogP contribution in [-0.2, 0) is 21.2 Å². The van der Waals surface area contributed by atoms with Crippen molar-refractivity contribution >= 4 is 9.84 Å². The number of rotatable bonds is 8. The van der Waals surface area contributed by atoms with Gasteiger partial charge >= 0.3 is 0 Å². The molecule has 0 saturated carbocycles. The Morgan fingerprint density at radius 2 is 1.90 bits per heavy atom.